The first kappa shape index (κ1) is 12.7. The van der Waals surface area contributed by atoms with E-state index in [1.807, 2.05) is 0 Å². The van der Waals surface area contributed by atoms with Crippen molar-refractivity contribution in [3.05, 3.63) is 34.8 Å². The number of anilines is 1. The number of aromatic nitrogens is 1. The van der Waals surface area contributed by atoms with Crippen LogP contribution in [0.4, 0.5) is 5.82 Å². The Balaban J connectivity index is 3.18. The van der Waals surface area contributed by atoms with E-state index in [0.29, 0.717) is 23.4 Å². The van der Waals surface area contributed by atoms with Gasteiger partial charge in [0, 0.05) is 6.20 Å². The van der Waals surface area contributed by atoms with Crippen molar-refractivity contribution >= 4 is 12.1 Å². The highest BCUT2D eigenvalue weighted by Gasteiger charge is 2.08. The number of nitrogens with zero attached hydrogens (tertiary/aromatic N) is 3. The van der Waals surface area contributed by atoms with Crippen molar-refractivity contribution in [2.75, 3.05) is 5.01 Å². The van der Waals surface area contributed by atoms with E-state index in [1.165, 1.54) is 6.20 Å². The number of allylic oxidation sites excluding steroid dienone is 1. The number of aryl methyl sites for hydroxylation is 2. The third-order valence-corrected chi connectivity index (χ3v) is 2.18. The second-order valence-electron chi connectivity index (χ2n) is 3.52. The summed E-state index contributed by atoms with van der Waals surface area (Å²) in [7, 11) is 0. The van der Waals surface area contributed by atoms with Gasteiger partial charge in [-0.2, -0.15) is 5.26 Å². The molecule has 0 atom stereocenters. The quantitative estimate of drug-likeness (QED) is 0.334. The Morgan fingerprint density at radius 1 is 1.59 bits per heavy atom. The first-order chi connectivity index (χ1) is 7.99. The minimum atomic E-state index is -0.00559. The van der Waals surface area contributed by atoms with E-state index in [9.17, 15) is 4.79 Å². The number of aldehydes is 1. The van der Waals surface area contributed by atoms with Gasteiger partial charge in [-0.25, -0.2) is 10.8 Å². The number of nitriles is 1. The van der Waals surface area contributed by atoms with E-state index in [0.717, 1.165) is 10.6 Å². The Kier molecular flexibility index (Phi) is 3.80. The van der Waals surface area contributed by atoms with Crippen LogP contribution >= 0.6 is 0 Å². The number of pyridine rings is 1. The number of hydrogen-bond donors (Lipinski definition) is 2. The van der Waals surface area contributed by atoms with Gasteiger partial charge in [-0.15, -0.1) is 0 Å². The third-order valence-electron chi connectivity index (χ3n) is 2.18. The zero-order valence-corrected chi connectivity index (χ0v) is 9.64. The minimum absolute atomic E-state index is 0.00559. The van der Waals surface area contributed by atoms with Gasteiger partial charge in [-0.05, 0) is 25.5 Å². The zero-order valence-electron chi connectivity index (χ0n) is 9.64. The monoisotopic (exact) mass is 231 g/mol. The molecule has 0 aliphatic carbocycles. The molecule has 1 heterocycles. The van der Waals surface area contributed by atoms with Gasteiger partial charge in [-0.3, -0.25) is 9.80 Å². The molecule has 0 aliphatic rings. The van der Waals surface area contributed by atoms with Gasteiger partial charge in [0.15, 0.2) is 6.29 Å². The lowest BCUT2D eigenvalue weighted by molar-refractivity contribution is -0.105. The van der Waals surface area contributed by atoms with Gasteiger partial charge in [0.05, 0.1) is 17.0 Å². The van der Waals surface area contributed by atoms with Crippen LogP contribution in [0.1, 0.15) is 16.8 Å². The number of hydrazine groups is 1. The van der Waals surface area contributed by atoms with Gasteiger partial charge in [-0.1, -0.05) is 0 Å². The standard InChI is InChI=1S/C11H13N5O/c1-7-3-11(15-8(2)10(7)4-12)16(14)5-9(13)6-17/h3,5-6H,13-14H2,1-2H3/b9-5-. The fourth-order valence-electron chi connectivity index (χ4n) is 1.37. The molecule has 88 valence electrons. The van der Waals surface area contributed by atoms with Crippen LogP contribution in [-0.2, 0) is 4.79 Å². The van der Waals surface area contributed by atoms with Gasteiger partial charge in [0.2, 0.25) is 0 Å². The Labute approximate surface area is 99.1 Å². The lowest BCUT2D eigenvalue weighted by Crippen LogP contribution is -2.27. The maximum Gasteiger partial charge on any atom is 0.167 e. The van der Waals surface area contributed by atoms with E-state index < -0.39 is 0 Å². The Bertz CT molecular complexity index is 492. The average Bonchev–Trinajstić information content (AvgIpc) is 2.28. The Morgan fingerprint density at radius 3 is 2.71 bits per heavy atom. The average molecular weight is 231 g/mol. The molecule has 0 bridgehead atoms. The summed E-state index contributed by atoms with van der Waals surface area (Å²) in [6.07, 6.45) is 1.75. The van der Waals surface area contributed by atoms with Gasteiger partial charge >= 0.3 is 0 Å². The summed E-state index contributed by atoms with van der Waals surface area (Å²) in [6, 6.07) is 3.72. The molecule has 0 fully saturated rings. The molecular formula is C11H13N5O. The van der Waals surface area contributed by atoms with E-state index in [1.54, 1.807) is 19.9 Å². The van der Waals surface area contributed by atoms with Crippen LogP contribution in [0.3, 0.4) is 0 Å². The highest BCUT2D eigenvalue weighted by atomic mass is 16.1. The smallest absolute Gasteiger partial charge is 0.167 e. The summed E-state index contributed by atoms with van der Waals surface area (Å²) < 4.78 is 0. The van der Waals surface area contributed by atoms with Crippen LogP contribution in [0.2, 0.25) is 0 Å². The molecule has 0 saturated carbocycles. The van der Waals surface area contributed by atoms with Gasteiger partial charge < -0.3 is 5.73 Å². The Hall–Kier alpha value is -2.39. The second-order valence-corrected chi connectivity index (χ2v) is 3.52. The van der Waals surface area contributed by atoms with E-state index in [4.69, 9.17) is 16.8 Å². The van der Waals surface area contributed by atoms with Crippen LogP contribution in [-0.4, -0.2) is 11.3 Å². The number of rotatable bonds is 3. The van der Waals surface area contributed by atoms with Crippen LogP contribution in [0.5, 0.6) is 0 Å². The summed E-state index contributed by atoms with van der Waals surface area (Å²) in [5, 5.41) is 10.0. The summed E-state index contributed by atoms with van der Waals surface area (Å²) in [6.45, 7) is 3.51. The van der Waals surface area contributed by atoms with Crippen LogP contribution in [0.15, 0.2) is 18.0 Å². The molecule has 6 nitrogen and oxygen atoms in total. The molecule has 0 aromatic carbocycles. The molecule has 0 saturated heterocycles. The normalized spacial score (nSPS) is 10.8. The number of nitrogens with two attached hydrogens (primary N) is 2. The maximum absolute atomic E-state index is 10.4. The zero-order chi connectivity index (χ0) is 13.0. The number of hydrogen-bond acceptors (Lipinski definition) is 6. The van der Waals surface area contributed by atoms with Crippen molar-refractivity contribution < 1.29 is 4.79 Å². The molecule has 4 N–H and O–H groups in total. The molecule has 0 unspecified atom stereocenters. The fraction of sp³-hybridized carbons (Fsp3) is 0.182. The predicted octanol–water partition coefficient (Wildman–Crippen LogP) is 0.249. The summed E-state index contributed by atoms with van der Waals surface area (Å²) in [5.74, 6) is 6.09. The first-order valence-electron chi connectivity index (χ1n) is 4.84. The SMILES string of the molecule is Cc1cc(N(N)/C=C(\N)C=O)nc(C)c1C#N. The molecule has 17 heavy (non-hydrogen) atoms. The van der Waals surface area contributed by atoms with Crippen molar-refractivity contribution in [2.45, 2.75) is 13.8 Å². The second kappa shape index (κ2) is 5.09. The van der Waals surface area contributed by atoms with Crippen LogP contribution < -0.4 is 16.6 Å². The van der Waals surface area contributed by atoms with Crippen LogP contribution in [0, 0.1) is 25.2 Å². The summed E-state index contributed by atoms with van der Waals surface area (Å²) in [5.41, 5.74) is 7.20. The van der Waals surface area contributed by atoms with Gasteiger partial charge in [0.25, 0.3) is 0 Å². The van der Waals surface area contributed by atoms with Crippen LogP contribution in [0.25, 0.3) is 0 Å². The lowest BCUT2D eigenvalue weighted by Gasteiger charge is -2.15. The van der Waals surface area contributed by atoms with Crippen molar-refractivity contribution in [2.24, 2.45) is 11.6 Å². The fourth-order valence-corrected chi connectivity index (χ4v) is 1.37. The van der Waals surface area contributed by atoms with Crippen molar-refractivity contribution in [1.29, 1.82) is 5.26 Å². The topological polar surface area (TPSA) is 109 Å². The maximum atomic E-state index is 10.4. The molecule has 0 amide bonds. The highest BCUT2D eigenvalue weighted by Crippen LogP contribution is 2.17. The molecule has 1 aromatic rings. The first-order valence-corrected chi connectivity index (χ1v) is 4.84. The molecule has 0 spiro atoms. The van der Waals surface area contributed by atoms with E-state index in [-0.39, 0.29) is 5.70 Å². The lowest BCUT2D eigenvalue weighted by atomic mass is 10.1. The summed E-state index contributed by atoms with van der Waals surface area (Å²) in [4.78, 5) is 14.5. The third kappa shape index (κ3) is 2.80. The van der Waals surface area contributed by atoms with Crippen molar-refractivity contribution in [3.8, 4) is 6.07 Å². The molecule has 0 aliphatic heterocycles. The number of carbonyl (C=O) groups is 1. The molecular weight excluding hydrogens is 218 g/mol. The van der Waals surface area contributed by atoms with E-state index >= 15 is 0 Å². The van der Waals surface area contributed by atoms with Crippen molar-refractivity contribution in [3.63, 3.8) is 0 Å². The van der Waals surface area contributed by atoms with Gasteiger partial charge in [0.1, 0.15) is 11.9 Å². The largest absolute Gasteiger partial charge is 0.395 e. The highest BCUT2D eigenvalue weighted by molar-refractivity contribution is 5.72. The summed E-state index contributed by atoms with van der Waals surface area (Å²) >= 11 is 0. The molecule has 1 aromatic heterocycles. The van der Waals surface area contributed by atoms with E-state index in [2.05, 4.69) is 11.1 Å². The molecule has 1 rings (SSSR count). The van der Waals surface area contributed by atoms with Crippen molar-refractivity contribution in [1.82, 2.24) is 4.98 Å². The Morgan fingerprint density at radius 2 is 2.24 bits per heavy atom. The number of carbonyl (C=O) groups excluding carboxylic acids is 1. The minimum Gasteiger partial charge on any atom is -0.395 e. The predicted molar refractivity (Wildman–Crippen MR) is 63.4 cm³/mol. The molecule has 0 radical (unpaired) electrons. The molecule has 6 heteroatoms.